The lowest BCUT2D eigenvalue weighted by Crippen LogP contribution is -2.39. The number of carbonyl (C=O) groups is 2. The maximum atomic E-state index is 11.8. The van der Waals surface area contributed by atoms with E-state index < -0.39 is 12.1 Å². The van der Waals surface area contributed by atoms with Gasteiger partial charge in [-0.1, -0.05) is 37.5 Å². The summed E-state index contributed by atoms with van der Waals surface area (Å²) in [5.74, 6) is -0.187. The van der Waals surface area contributed by atoms with Gasteiger partial charge in [0.25, 0.3) is 5.91 Å². The topological polar surface area (TPSA) is 64.6 Å². The third-order valence-corrected chi connectivity index (χ3v) is 3.70. The molecule has 0 bridgehead atoms. The van der Waals surface area contributed by atoms with Crippen LogP contribution in [0.1, 0.15) is 39.0 Å². The molecule has 1 saturated carbocycles. The van der Waals surface area contributed by atoms with Crippen LogP contribution in [0.25, 0.3) is 0 Å². The van der Waals surface area contributed by atoms with Crippen LogP contribution in [-0.2, 0) is 14.3 Å². The van der Waals surface area contributed by atoms with Crippen molar-refractivity contribution >= 4 is 11.9 Å². The number of carbonyl (C=O) groups excluding carboxylic acids is 2. The van der Waals surface area contributed by atoms with Crippen molar-refractivity contribution in [1.82, 2.24) is 5.32 Å². The highest BCUT2D eigenvalue weighted by Gasteiger charge is 2.20. The van der Waals surface area contributed by atoms with Crippen LogP contribution in [-0.4, -0.2) is 30.6 Å². The van der Waals surface area contributed by atoms with Crippen LogP contribution in [0.2, 0.25) is 0 Å². The fourth-order valence-corrected chi connectivity index (χ4v) is 2.52. The maximum absolute atomic E-state index is 11.8. The smallest absolute Gasteiger partial charge is 0.347 e. The van der Waals surface area contributed by atoms with E-state index in [1.54, 1.807) is 19.1 Å². The van der Waals surface area contributed by atoms with Crippen molar-refractivity contribution in [3.05, 3.63) is 30.3 Å². The average Bonchev–Trinajstić information content (AvgIpc) is 2.54. The first-order valence-electron chi connectivity index (χ1n) is 7.83. The van der Waals surface area contributed by atoms with Gasteiger partial charge in [-0.2, -0.15) is 0 Å². The summed E-state index contributed by atoms with van der Waals surface area (Å²) >= 11 is 0. The van der Waals surface area contributed by atoms with Crippen molar-refractivity contribution in [2.45, 2.75) is 51.2 Å². The Morgan fingerprint density at radius 1 is 1.18 bits per heavy atom. The third kappa shape index (κ3) is 5.39. The summed E-state index contributed by atoms with van der Waals surface area (Å²) in [4.78, 5) is 23.6. The highest BCUT2D eigenvalue weighted by atomic mass is 16.6. The van der Waals surface area contributed by atoms with E-state index in [9.17, 15) is 9.59 Å². The van der Waals surface area contributed by atoms with E-state index in [0.717, 1.165) is 25.7 Å². The Morgan fingerprint density at radius 3 is 2.55 bits per heavy atom. The van der Waals surface area contributed by atoms with E-state index in [1.165, 1.54) is 6.42 Å². The second kappa shape index (κ2) is 8.41. The lowest BCUT2D eigenvalue weighted by Gasteiger charge is -2.22. The van der Waals surface area contributed by atoms with Gasteiger partial charge < -0.3 is 14.8 Å². The minimum absolute atomic E-state index is 0.220. The highest BCUT2D eigenvalue weighted by Crippen LogP contribution is 2.17. The quantitative estimate of drug-likeness (QED) is 0.820. The van der Waals surface area contributed by atoms with Gasteiger partial charge in [0.1, 0.15) is 5.75 Å². The normalized spacial score (nSPS) is 16.6. The number of para-hydroxylation sites is 1. The maximum Gasteiger partial charge on any atom is 0.347 e. The Morgan fingerprint density at radius 2 is 1.86 bits per heavy atom. The van der Waals surface area contributed by atoms with Gasteiger partial charge in [-0.15, -0.1) is 0 Å². The van der Waals surface area contributed by atoms with Crippen molar-refractivity contribution in [3.8, 4) is 5.75 Å². The fourth-order valence-electron chi connectivity index (χ4n) is 2.52. The molecule has 0 saturated heterocycles. The fraction of sp³-hybridized carbons (Fsp3) is 0.529. The average molecular weight is 305 g/mol. The van der Waals surface area contributed by atoms with Crippen LogP contribution in [0, 0.1) is 0 Å². The number of nitrogens with one attached hydrogen (secondary N) is 1. The predicted molar refractivity (Wildman–Crippen MR) is 82.5 cm³/mol. The van der Waals surface area contributed by atoms with E-state index in [1.807, 2.05) is 18.2 Å². The molecule has 2 rings (SSSR count). The molecule has 1 fully saturated rings. The molecule has 0 aromatic heterocycles. The first kappa shape index (κ1) is 16.3. The lowest BCUT2D eigenvalue weighted by atomic mass is 9.95. The lowest BCUT2D eigenvalue weighted by molar-refractivity contribution is -0.154. The number of amides is 1. The molecular weight excluding hydrogens is 282 g/mol. The third-order valence-electron chi connectivity index (χ3n) is 3.70. The van der Waals surface area contributed by atoms with Crippen LogP contribution in [0.5, 0.6) is 5.75 Å². The van der Waals surface area contributed by atoms with E-state index in [-0.39, 0.29) is 18.6 Å². The number of ether oxygens (including phenoxy) is 2. The summed E-state index contributed by atoms with van der Waals surface area (Å²) in [7, 11) is 0. The molecule has 0 spiro atoms. The van der Waals surface area contributed by atoms with Crippen LogP contribution in [0.15, 0.2) is 30.3 Å². The summed E-state index contributed by atoms with van der Waals surface area (Å²) in [6, 6.07) is 9.26. The molecule has 1 aliphatic carbocycles. The first-order valence-corrected chi connectivity index (χ1v) is 7.83. The Hall–Kier alpha value is -2.04. The Bertz CT molecular complexity index is 483. The number of hydrogen-bond acceptors (Lipinski definition) is 4. The van der Waals surface area contributed by atoms with Crippen molar-refractivity contribution in [3.63, 3.8) is 0 Å². The molecule has 0 radical (unpaired) electrons. The SMILES string of the molecule is C[C@@H](Oc1ccccc1)C(=O)OCC(=O)NC1CCCCC1. The zero-order chi connectivity index (χ0) is 15.8. The molecule has 1 aromatic rings. The van der Waals surface area contributed by atoms with E-state index in [4.69, 9.17) is 9.47 Å². The zero-order valence-electron chi connectivity index (χ0n) is 12.9. The second-order valence-electron chi connectivity index (χ2n) is 5.58. The molecular formula is C17H23NO4. The molecule has 0 aliphatic heterocycles. The van der Waals surface area contributed by atoms with E-state index in [0.29, 0.717) is 5.75 Å². The number of hydrogen-bond donors (Lipinski definition) is 1. The van der Waals surface area contributed by atoms with E-state index in [2.05, 4.69) is 5.32 Å². The molecule has 1 amide bonds. The summed E-state index contributed by atoms with van der Waals surface area (Å²) in [5.41, 5.74) is 0. The molecule has 5 nitrogen and oxygen atoms in total. The largest absolute Gasteiger partial charge is 0.479 e. The molecule has 1 N–H and O–H groups in total. The van der Waals surface area contributed by atoms with Gasteiger partial charge in [-0.05, 0) is 31.9 Å². The van der Waals surface area contributed by atoms with Gasteiger partial charge in [0.05, 0.1) is 0 Å². The molecule has 1 atom stereocenters. The monoisotopic (exact) mass is 305 g/mol. The number of benzene rings is 1. The summed E-state index contributed by atoms with van der Waals surface area (Å²) in [5, 5.41) is 2.91. The Balaban J connectivity index is 1.68. The molecule has 5 heteroatoms. The van der Waals surface area contributed by atoms with Crippen molar-refractivity contribution in [1.29, 1.82) is 0 Å². The van der Waals surface area contributed by atoms with Gasteiger partial charge in [-0.3, -0.25) is 4.79 Å². The van der Waals surface area contributed by atoms with Crippen LogP contribution in [0.4, 0.5) is 0 Å². The molecule has 0 unspecified atom stereocenters. The van der Waals surface area contributed by atoms with Crippen molar-refractivity contribution in [2.75, 3.05) is 6.61 Å². The molecule has 22 heavy (non-hydrogen) atoms. The Kier molecular flexibility index (Phi) is 6.25. The summed E-state index contributed by atoms with van der Waals surface area (Å²) in [6.45, 7) is 1.35. The van der Waals surface area contributed by atoms with Gasteiger partial charge in [0.2, 0.25) is 0 Å². The first-order chi connectivity index (χ1) is 10.6. The van der Waals surface area contributed by atoms with Crippen LogP contribution < -0.4 is 10.1 Å². The predicted octanol–water partition coefficient (Wildman–Crippen LogP) is 2.45. The standard InChI is InChI=1S/C17H23NO4/c1-13(22-15-10-6-3-7-11-15)17(20)21-12-16(19)18-14-8-4-2-5-9-14/h3,6-7,10-11,13-14H,2,4-5,8-9,12H2,1H3,(H,18,19)/t13-/m1/s1. The minimum Gasteiger partial charge on any atom is -0.479 e. The molecule has 1 aliphatic rings. The molecule has 0 heterocycles. The van der Waals surface area contributed by atoms with Gasteiger partial charge in [0, 0.05) is 6.04 Å². The molecule has 1 aromatic carbocycles. The van der Waals surface area contributed by atoms with Gasteiger partial charge in [-0.25, -0.2) is 4.79 Å². The highest BCUT2D eigenvalue weighted by molar-refractivity contribution is 5.82. The van der Waals surface area contributed by atoms with Crippen LogP contribution in [0.3, 0.4) is 0 Å². The van der Waals surface area contributed by atoms with Gasteiger partial charge in [0.15, 0.2) is 12.7 Å². The second-order valence-corrected chi connectivity index (χ2v) is 5.58. The van der Waals surface area contributed by atoms with E-state index >= 15 is 0 Å². The minimum atomic E-state index is -0.745. The van der Waals surface area contributed by atoms with Crippen molar-refractivity contribution in [2.24, 2.45) is 0 Å². The Labute approximate surface area is 131 Å². The molecule has 120 valence electrons. The number of esters is 1. The zero-order valence-corrected chi connectivity index (χ0v) is 12.9. The number of rotatable bonds is 6. The summed E-state index contributed by atoms with van der Waals surface area (Å²) < 4.78 is 10.5. The summed E-state index contributed by atoms with van der Waals surface area (Å²) in [6.07, 6.45) is 4.79. The van der Waals surface area contributed by atoms with Gasteiger partial charge >= 0.3 is 5.97 Å². The van der Waals surface area contributed by atoms with Crippen LogP contribution >= 0.6 is 0 Å². The van der Waals surface area contributed by atoms with Crippen molar-refractivity contribution < 1.29 is 19.1 Å².